The molecule has 1 saturated heterocycles. The minimum Gasteiger partial charge on any atom is -0.394 e. The molecule has 14 heavy (non-hydrogen) atoms. The molecule has 0 radical (unpaired) electrons. The first-order valence-corrected chi connectivity index (χ1v) is 5.27. The van der Waals surface area contributed by atoms with E-state index in [4.69, 9.17) is 4.74 Å². The highest BCUT2D eigenvalue weighted by Gasteiger charge is 2.31. The molecule has 1 unspecified atom stereocenters. The Morgan fingerprint density at radius 1 is 1.50 bits per heavy atom. The van der Waals surface area contributed by atoms with Gasteiger partial charge in [-0.25, -0.2) is 0 Å². The lowest BCUT2D eigenvalue weighted by Crippen LogP contribution is -2.55. The van der Waals surface area contributed by atoms with Gasteiger partial charge in [-0.2, -0.15) is 0 Å². The van der Waals surface area contributed by atoms with Crippen LogP contribution in [0.25, 0.3) is 0 Å². The van der Waals surface area contributed by atoms with Crippen LogP contribution in [0.1, 0.15) is 12.8 Å². The Labute approximate surface area is 86.2 Å². The van der Waals surface area contributed by atoms with Crippen LogP contribution in [-0.4, -0.2) is 62.6 Å². The van der Waals surface area contributed by atoms with Crippen LogP contribution < -0.4 is 5.32 Å². The predicted octanol–water partition coefficient (Wildman–Crippen LogP) is -0.321. The van der Waals surface area contributed by atoms with E-state index in [0.29, 0.717) is 6.61 Å². The number of rotatable bonds is 5. The first-order chi connectivity index (χ1) is 6.68. The van der Waals surface area contributed by atoms with Crippen molar-refractivity contribution in [2.75, 3.05) is 47.0 Å². The lowest BCUT2D eigenvalue weighted by Gasteiger charge is -2.36. The summed E-state index contributed by atoms with van der Waals surface area (Å²) < 4.78 is 5.40. The van der Waals surface area contributed by atoms with Gasteiger partial charge in [0.15, 0.2) is 0 Å². The van der Waals surface area contributed by atoms with Crippen LogP contribution in [0.4, 0.5) is 0 Å². The Hall–Kier alpha value is -0.160. The van der Waals surface area contributed by atoms with E-state index in [1.54, 1.807) is 0 Å². The molecule has 0 aromatic carbocycles. The van der Waals surface area contributed by atoms with E-state index in [2.05, 4.69) is 10.2 Å². The lowest BCUT2D eigenvalue weighted by atomic mass is 9.93. The first kappa shape index (κ1) is 11.9. The predicted molar refractivity (Wildman–Crippen MR) is 56.4 cm³/mol. The van der Waals surface area contributed by atoms with Gasteiger partial charge in [0.1, 0.15) is 0 Å². The number of nitrogens with zero attached hydrogens (tertiary/aromatic N) is 1. The van der Waals surface area contributed by atoms with Crippen molar-refractivity contribution < 1.29 is 9.84 Å². The second kappa shape index (κ2) is 5.66. The van der Waals surface area contributed by atoms with E-state index in [-0.39, 0.29) is 12.1 Å². The topological polar surface area (TPSA) is 44.7 Å². The van der Waals surface area contributed by atoms with Crippen molar-refractivity contribution in [3.8, 4) is 0 Å². The fourth-order valence-electron chi connectivity index (χ4n) is 1.72. The van der Waals surface area contributed by atoms with E-state index >= 15 is 0 Å². The summed E-state index contributed by atoms with van der Waals surface area (Å²) in [7, 11) is 4.09. The van der Waals surface area contributed by atoms with Gasteiger partial charge in [-0.05, 0) is 26.9 Å². The summed E-state index contributed by atoms with van der Waals surface area (Å²) in [6.07, 6.45) is 2.05. The highest BCUT2D eigenvalue weighted by Crippen LogP contribution is 2.18. The van der Waals surface area contributed by atoms with Crippen LogP contribution in [0.3, 0.4) is 0 Å². The third-order valence-corrected chi connectivity index (χ3v) is 2.68. The molecule has 0 aromatic heterocycles. The highest BCUT2D eigenvalue weighted by molar-refractivity contribution is 4.89. The van der Waals surface area contributed by atoms with Crippen molar-refractivity contribution in [1.29, 1.82) is 0 Å². The molecule has 1 aliphatic rings. The molecule has 1 fully saturated rings. The SMILES string of the molecule is CN(C)CCNC1(CO)CCCOC1. The molecule has 0 aromatic rings. The molecule has 0 bridgehead atoms. The molecule has 1 aliphatic heterocycles. The smallest absolute Gasteiger partial charge is 0.0670 e. The number of hydrogen-bond donors (Lipinski definition) is 2. The molecule has 2 N–H and O–H groups in total. The van der Waals surface area contributed by atoms with Crippen molar-refractivity contribution in [3.05, 3.63) is 0 Å². The molecular weight excluding hydrogens is 180 g/mol. The summed E-state index contributed by atoms with van der Waals surface area (Å²) >= 11 is 0. The van der Waals surface area contributed by atoms with Gasteiger partial charge in [-0.1, -0.05) is 0 Å². The van der Waals surface area contributed by atoms with Gasteiger partial charge >= 0.3 is 0 Å². The average Bonchev–Trinajstić information content (AvgIpc) is 2.19. The van der Waals surface area contributed by atoms with E-state index in [0.717, 1.165) is 32.5 Å². The van der Waals surface area contributed by atoms with E-state index in [1.807, 2.05) is 14.1 Å². The van der Waals surface area contributed by atoms with Crippen molar-refractivity contribution in [2.45, 2.75) is 18.4 Å². The van der Waals surface area contributed by atoms with Crippen molar-refractivity contribution in [1.82, 2.24) is 10.2 Å². The van der Waals surface area contributed by atoms with Crippen LogP contribution in [-0.2, 0) is 4.74 Å². The monoisotopic (exact) mass is 202 g/mol. The van der Waals surface area contributed by atoms with Crippen molar-refractivity contribution >= 4 is 0 Å². The van der Waals surface area contributed by atoms with Crippen LogP contribution in [0.5, 0.6) is 0 Å². The maximum absolute atomic E-state index is 9.35. The Kier molecular flexibility index (Phi) is 4.81. The number of aliphatic hydroxyl groups excluding tert-OH is 1. The third-order valence-electron chi connectivity index (χ3n) is 2.68. The van der Waals surface area contributed by atoms with Crippen LogP contribution >= 0.6 is 0 Å². The van der Waals surface area contributed by atoms with Gasteiger partial charge in [0.2, 0.25) is 0 Å². The summed E-state index contributed by atoms with van der Waals surface area (Å²) in [6, 6.07) is 0. The summed E-state index contributed by atoms with van der Waals surface area (Å²) in [5.74, 6) is 0. The van der Waals surface area contributed by atoms with Crippen molar-refractivity contribution in [3.63, 3.8) is 0 Å². The normalized spacial score (nSPS) is 28.3. The number of nitrogens with one attached hydrogen (secondary N) is 1. The molecule has 84 valence electrons. The molecule has 4 heteroatoms. The standard InChI is InChI=1S/C10H22N2O2/c1-12(2)6-5-11-10(8-13)4-3-7-14-9-10/h11,13H,3-9H2,1-2H3. The second-order valence-corrected chi connectivity index (χ2v) is 4.32. The summed E-state index contributed by atoms with van der Waals surface area (Å²) in [5, 5.41) is 12.8. The fourth-order valence-corrected chi connectivity index (χ4v) is 1.72. The zero-order chi connectivity index (χ0) is 10.4. The minimum absolute atomic E-state index is 0.167. The van der Waals surface area contributed by atoms with Crippen LogP contribution in [0.2, 0.25) is 0 Å². The van der Waals surface area contributed by atoms with E-state index < -0.39 is 0 Å². The molecule has 1 atom stereocenters. The number of likely N-dealkylation sites (N-methyl/N-ethyl adjacent to an activating group) is 1. The lowest BCUT2D eigenvalue weighted by molar-refractivity contribution is -0.00758. The third kappa shape index (κ3) is 3.53. The fraction of sp³-hybridized carbons (Fsp3) is 1.00. The van der Waals surface area contributed by atoms with Gasteiger partial charge in [-0.15, -0.1) is 0 Å². The van der Waals surface area contributed by atoms with Gasteiger partial charge in [0.25, 0.3) is 0 Å². The molecule has 0 aliphatic carbocycles. The zero-order valence-electron chi connectivity index (χ0n) is 9.25. The minimum atomic E-state index is -0.186. The van der Waals surface area contributed by atoms with E-state index in [1.165, 1.54) is 0 Å². The van der Waals surface area contributed by atoms with E-state index in [9.17, 15) is 5.11 Å². The molecule has 1 heterocycles. The second-order valence-electron chi connectivity index (χ2n) is 4.32. The molecule has 1 rings (SSSR count). The highest BCUT2D eigenvalue weighted by atomic mass is 16.5. The van der Waals surface area contributed by atoms with Gasteiger partial charge in [0, 0.05) is 19.7 Å². The molecule has 0 amide bonds. The van der Waals surface area contributed by atoms with Gasteiger partial charge < -0.3 is 20.1 Å². The van der Waals surface area contributed by atoms with Gasteiger partial charge in [-0.3, -0.25) is 0 Å². The Morgan fingerprint density at radius 2 is 2.29 bits per heavy atom. The summed E-state index contributed by atoms with van der Waals surface area (Å²) in [4.78, 5) is 2.13. The maximum Gasteiger partial charge on any atom is 0.0670 e. The maximum atomic E-state index is 9.35. The Balaban J connectivity index is 2.29. The molecule has 4 nitrogen and oxygen atoms in total. The molecular formula is C10H22N2O2. The van der Waals surface area contributed by atoms with Crippen molar-refractivity contribution in [2.24, 2.45) is 0 Å². The zero-order valence-corrected chi connectivity index (χ0v) is 9.25. The average molecular weight is 202 g/mol. The number of ether oxygens (including phenoxy) is 1. The first-order valence-electron chi connectivity index (χ1n) is 5.27. The number of hydrogen-bond acceptors (Lipinski definition) is 4. The largest absolute Gasteiger partial charge is 0.394 e. The quantitative estimate of drug-likeness (QED) is 0.641. The summed E-state index contributed by atoms with van der Waals surface area (Å²) in [6.45, 7) is 3.52. The van der Waals surface area contributed by atoms with Gasteiger partial charge in [0.05, 0.1) is 18.8 Å². The summed E-state index contributed by atoms with van der Waals surface area (Å²) in [5.41, 5.74) is -0.186. The van der Waals surface area contributed by atoms with Crippen LogP contribution in [0.15, 0.2) is 0 Å². The Morgan fingerprint density at radius 3 is 2.79 bits per heavy atom. The number of aliphatic hydroxyl groups is 1. The molecule has 0 spiro atoms. The molecule has 0 saturated carbocycles. The van der Waals surface area contributed by atoms with Crippen LogP contribution in [0, 0.1) is 0 Å². The Bertz CT molecular complexity index is 156.